The van der Waals surface area contributed by atoms with E-state index in [0.717, 1.165) is 25.9 Å². The number of carbonyl (C=O) groups excluding carboxylic acids is 1. The fourth-order valence-corrected chi connectivity index (χ4v) is 2.29. The van der Waals surface area contributed by atoms with Gasteiger partial charge < -0.3 is 10.2 Å². The number of amides is 1. The predicted octanol–water partition coefficient (Wildman–Crippen LogP) is 1.79. The van der Waals surface area contributed by atoms with E-state index >= 15 is 0 Å². The lowest BCUT2D eigenvalue weighted by Gasteiger charge is -2.32. The lowest BCUT2D eigenvalue weighted by Crippen LogP contribution is -2.39. The SMILES string of the molecule is CNC(=O)C1CCN(c2ccccc2F)CC1. The zero-order valence-electron chi connectivity index (χ0n) is 9.95. The molecule has 1 aromatic carbocycles. The topological polar surface area (TPSA) is 32.3 Å². The fraction of sp³-hybridized carbons (Fsp3) is 0.462. The molecule has 1 aromatic rings. The maximum absolute atomic E-state index is 13.6. The number of nitrogens with one attached hydrogen (secondary N) is 1. The first-order valence-electron chi connectivity index (χ1n) is 5.93. The molecule has 1 aliphatic heterocycles. The van der Waals surface area contributed by atoms with E-state index in [4.69, 9.17) is 0 Å². The van der Waals surface area contributed by atoms with Gasteiger partial charge in [-0.2, -0.15) is 0 Å². The molecule has 0 unspecified atom stereocenters. The number of rotatable bonds is 2. The van der Waals surface area contributed by atoms with Crippen molar-refractivity contribution < 1.29 is 9.18 Å². The van der Waals surface area contributed by atoms with E-state index in [0.29, 0.717) is 5.69 Å². The minimum absolute atomic E-state index is 0.0722. The molecule has 17 heavy (non-hydrogen) atoms. The van der Waals surface area contributed by atoms with Crippen LogP contribution in [0.15, 0.2) is 24.3 Å². The van der Waals surface area contributed by atoms with Gasteiger partial charge in [0, 0.05) is 26.1 Å². The van der Waals surface area contributed by atoms with Crippen LogP contribution in [-0.2, 0) is 4.79 Å². The fourth-order valence-electron chi connectivity index (χ4n) is 2.29. The molecule has 0 radical (unpaired) electrons. The third-order valence-corrected chi connectivity index (χ3v) is 3.31. The number of para-hydroxylation sites is 1. The molecule has 92 valence electrons. The third kappa shape index (κ3) is 2.57. The highest BCUT2D eigenvalue weighted by molar-refractivity contribution is 5.78. The molecule has 0 atom stereocenters. The molecular formula is C13H17FN2O. The molecule has 0 bridgehead atoms. The Bertz CT molecular complexity index is 400. The molecule has 1 saturated heterocycles. The van der Waals surface area contributed by atoms with Crippen molar-refractivity contribution in [2.45, 2.75) is 12.8 Å². The molecule has 0 saturated carbocycles. The van der Waals surface area contributed by atoms with Crippen molar-refractivity contribution in [3.05, 3.63) is 30.1 Å². The smallest absolute Gasteiger partial charge is 0.222 e. The van der Waals surface area contributed by atoms with Crippen molar-refractivity contribution in [1.29, 1.82) is 0 Å². The minimum atomic E-state index is -0.189. The van der Waals surface area contributed by atoms with Gasteiger partial charge >= 0.3 is 0 Å². The van der Waals surface area contributed by atoms with Gasteiger partial charge in [0.2, 0.25) is 5.91 Å². The van der Waals surface area contributed by atoms with E-state index in [1.165, 1.54) is 6.07 Å². The Morgan fingerprint density at radius 2 is 2.00 bits per heavy atom. The van der Waals surface area contributed by atoms with Gasteiger partial charge in [0.15, 0.2) is 0 Å². The summed E-state index contributed by atoms with van der Waals surface area (Å²) in [6.07, 6.45) is 1.57. The number of benzene rings is 1. The molecule has 1 N–H and O–H groups in total. The summed E-state index contributed by atoms with van der Waals surface area (Å²) in [5, 5.41) is 2.67. The Morgan fingerprint density at radius 3 is 2.59 bits per heavy atom. The molecule has 3 nitrogen and oxygen atoms in total. The van der Waals surface area contributed by atoms with Crippen molar-refractivity contribution in [2.75, 3.05) is 25.0 Å². The van der Waals surface area contributed by atoms with Crippen LogP contribution >= 0.6 is 0 Å². The number of nitrogens with zero attached hydrogens (tertiary/aromatic N) is 1. The van der Waals surface area contributed by atoms with E-state index in [9.17, 15) is 9.18 Å². The van der Waals surface area contributed by atoms with Crippen molar-refractivity contribution in [2.24, 2.45) is 5.92 Å². The first kappa shape index (κ1) is 11.9. The first-order valence-corrected chi connectivity index (χ1v) is 5.93. The average Bonchev–Trinajstić information content (AvgIpc) is 2.39. The van der Waals surface area contributed by atoms with Crippen molar-refractivity contribution in [1.82, 2.24) is 5.32 Å². The minimum Gasteiger partial charge on any atom is -0.369 e. The summed E-state index contributed by atoms with van der Waals surface area (Å²) in [6, 6.07) is 6.79. The second-order valence-electron chi connectivity index (χ2n) is 4.33. The monoisotopic (exact) mass is 236 g/mol. The van der Waals surface area contributed by atoms with Gasteiger partial charge in [-0.05, 0) is 25.0 Å². The van der Waals surface area contributed by atoms with E-state index in [-0.39, 0.29) is 17.6 Å². The van der Waals surface area contributed by atoms with Crippen LogP contribution in [0.4, 0.5) is 10.1 Å². The summed E-state index contributed by atoms with van der Waals surface area (Å²) >= 11 is 0. The zero-order valence-corrected chi connectivity index (χ0v) is 9.95. The summed E-state index contributed by atoms with van der Waals surface area (Å²) < 4.78 is 13.6. The average molecular weight is 236 g/mol. The van der Waals surface area contributed by atoms with Crippen LogP contribution in [-0.4, -0.2) is 26.0 Å². The van der Waals surface area contributed by atoms with Crippen molar-refractivity contribution >= 4 is 11.6 Å². The molecule has 1 amide bonds. The highest BCUT2D eigenvalue weighted by Gasteiger charge is 2.25. The highest BCUT2D eigenvalue weighted by atomic mass is 19.1. The summed E-state index contributed by atoms with van der Waals surface area (Å²) in [7, 11) is 1.66. The first-order chi connectivity index (χ1) is 8.22. The van der Waals surface area contributed by atoms with E-state index in [1.54, 1.807) is 19.2 Å². The quantitative estimate of drug-likeness (QED) is 0.849. The molecule has 1 aliphatic rings. The maximum atomic E-state index is 13.6. The van der Waals surface area contributed by atoms with Gasteiger partial charge in [-0.15, -0.1) is 0 Å². The molecule has 0 spiro atoms. The normalized spacial score (nSPS) is 16.9. The van der Waals surface area contributed by atoms with Gasteiger partial charge in [-0.1, -0.05) is 12.1 Å². The number of piperidine rings is 1. The highest BCUT2D eigenvalue weighted by Crippen LogP contribution is 2.25. The predicted molar refractivity (Wildman–Crippen MR) is 65.4 cm³/mol. The van der Waals surface area contributed by atoms with E-state index < -0.39 is 0 Å². The Labute approximate surface area is 101 Å². The van der Waals surface area contributed by atoms with Crippen LogP contribution in [0.3, 0.4) is 0 Å². The van der Waals surface area contributed by atoms with Crippen LogP contribution in [0, 0.1) is 11.7 Å². The van der Waals surface area contributed by atoms with Crippen LogP contribution in [0.2, 0.25) is 0 Å². The van der Waals surface area contributed by atoms with Gasteiger partial charge in [-0.25, -0.2) is 4.39 Å². The maximum Gasteiger partial charge on any atom is 0.222 e. The lowest BCUT2D eigenvalue weighted by molar-refractivity contribution is -0.125. The molecular weight excluding hydrogens is 219 g/mol. The molecule has 4 heteroatoms. The second kappa shape index (κ2) is 5.17. The Hall–Kier alpha value is -1.58. The number of anilines is 1. The van der Waals surface area contributed by atoms with Crippen molar-refractivity contribution in [3.8, 4) is 0 Å². The number of hydrogen-bond donors (Lipinski definition) is 1. The zero-order chi connectivity index (χ0) is 12.3. The van der Waals surface area contributed by atoms with Crippen LogP contribution in [0.25, 0.3) is 0 Å². The number of hydrogen-bond acceptors (Lipinski definition) is 2. The van der Waals surface area contributed by atoms with Gasteiger partial charge in [0.1, 0.15) is 5.82 Å². The Kier molecular flexibility index (Phi) is 3.61. The summed E-state index contributed by atoms with van der Waals surface area (Å²) in [4.78, 5) is 13.5. The van der Waals surface area contributed by atoms with Crippen LogP contribution < -0.4 is 10.2 Å². The van der Waals surface area contributed by atoms with Crippen molar-refractivity contribution in [3.63, 3.8) is 0 Å². The largest absolute Gasteiger partial charge is 0.369 e. The van der Waals surface area contributed by atoms with E-state index in [2.05, 4.69) is 5.32 Å². The van der Waals surface area contributed by atoms with Gasteiger partial charge in [0.25, 0.3) is 0 Å². The number of halogens is 1. The Morgan fingerprint density at radius 1 is 1.35 bits per heavy atom. The molecule has 1 heterocycles. The summed E-state index contributed by atoms with van der Waals surface area (Å²) in [6.45, 7) is 1.47. The molecule has 0 aromatic heterocycles. The van der Waals surface area contributed by atoms with Crippen LogP contribution in [0.1, 0.15) is 12.8 Å². The Balaban J connectivity index is 2.00. The van der Waals surface area contributed by atoms with Gasteiger partial charge in [0.05, 0.1) is 5.69 Å². The van der Waals surface area contributed by atoms with Gasteiger partial charge in [-0.3, -0.25) is 4.79 Å². The second-order valence-corrected chi connectivity index (χ2v) is 4.33. The standard InChI is InChI=1S/C13H17FN2O/c1-15-13(17)10-6-8-16(9-7-10)12-5-3-2-4-11(12)14/h2-5,10H,6-9H2,1H3,(H,15,17). The van der Waals surface area contributed by atoms with Crippen LogP contribution in [0.5, 0.6) is 0 Å². The van der Waals surface area contributed by atoms with E-state index in [1.807, 2.05) is 11.0 Å². The summed E-state index contributed by atoms with van der Waals surface area (Å²) in [5.41, 5.74) is 0.642. The molecule has 2 rings (SSSR count). The summed E-state index contributed by atoms with van der Waals surface area (Å²) in [5.74, 6) is -0.0212. The molecule has 1 fully saturated rings. The third-order valence-electron chi connectivity index (χ3n) is 3.31. The lowest BCUT2D eigenvalue weighted by atomic mass is 9.95. The number of carbonyl (C=O) groups is 1. The molecule has 0 aliphatic carbocycles.